The van der Waals surface area contributed by atoms with Gasteiger partial charge in [-0.3, -0.25) is 4.79 Å². The van der Waals surface area contributed by atoms with Crippen LogP contribution in [0.1, 0.15) is 31.4 Å². The molecular formula is C19H18FNO. The van der Waals surface area contributed by atoms with E-state index in [0.717, 1.165) is 23.2 Å². The zero-order valence-corrected chi connectivity index (χ0v) is 12.7. The standard InChI is InChI=1S/C19H18FNO/c1-12(2)18(13-7-9-14(20)10-8-13)11-19(18)15-5-3-4-6-16(15)21-17(19)22/h3-10,12H,11H2,1-2H3,(H,21,22). The van der Waals surface area contributed by atoms with Crippen LogP contribution < -0.4 is 5.32 Å². The minimum atomic E-state index is -0.504. The van der Waals surface area contributed by atoms with Gasteiger partial charge in [-0.2, -0.15) is 0 Å². The predicted octanol–water partition coefficient (Wildman–Crippen LogP) is 4.01. The van der Waals surface area contributed by atoms with E-state index in [4.69, 9.17) is 0 Å². The Morgan fingerprint density at radius 1 is 1.09 bits per heavy atom. The number of rotatable bonds is 2. The van der Waals surface area contributed by atoms with E-state index in [9.17, 15) is 9.18 Å². The van der Waals surface area contributed by atoms with E-state index in [0.29, 0.717) is 0 Å². The lowest BCUT2D eigenvalue weighted by atomic mass is 9.75. The minimum Gasteiger partial charge on any atom is -0.325 e. The second-order valence-electron chi connectivity index (χ2n) is 6.71. The Kier molecular flexibility index (Phi) is 2.57. The highest BCUT2D eigenvalue weighted by atomic mass is 19.1. The molecule has 0 aromatic heterocycles. The van der Waals surface area contributed by atoms with Crippen molar-refractivity contribution in [3.63, 3.8) is 0 Å². The third-order valence-electron chi connectivity index (χ3n) is 5.55. The topological polar surface area (TPSA) is 29.1 Å². The third-order valence-corrected chi connectivity index (χ3v) is 5.55. The summed E-state index contributed by atoms with van der Waals surface area (Å²) in [5.41, 5.74) is 2.29. The highest BCUT2D eigenvalue weighted by Crippen LogP contribution is 2.72. The highest BCUT2D eigenvalue weighted by molar-refractivity contribution is 6.10. The molecule has 1 N–H and O–H groups in total. The van der Waals surface area contributed by atoms with Crippen LogP contribution in [0.2, 0.25) is 0 Å². The van der Waals surface area contributed by atoms with E-state index in [1.807, 2.05) is 36.4 Å². The van der Waals surface area contributed by atoms with E-state index in [1.165, 1.54) is 12.1 Å². The normalized spacial score (nSPS) is 28.8. The minimum absolute atomic E-state index is 0.0757. The molecule has 22 heavy (non-hydrogen) atoms. The molecule has 2 aromatic carbocycles. The quantitative estimate of drug-likeness (QED) is 0.891. The second-order valence-corrected chi connectivity index (χ2v) is 6.71. The van der Waals surface area contributed by atoms with E-state index in [2.05, 4.69) is 19.2 Å². The van der Waals surface area contributed by atoms with Crippen molar-refractivity contribution in [3.8, 4) is 0 Å². The molecule has 4 rings (SSSR count). The van der Waals surface area contributed by atoms with E-state index < -0.39 is 5.41 Å². The number of hydrogen-bond acceptors (Lipinski definition) is 1. The molecule has 1 amide bonds. The molecule has 2 aliphatic rings. The van der Waals surface area contributed by atoms with E-state index in [1.54, 1.807) is 0 Å². The van der Waals surface area contributed by atoms with Gasteiger partial charge >= 0.3 is 0 Å². The van der Waals surface area contributed by atoms with Gasteiger partial charge in [0.2, 0.25) is 5.91 Å². The lowest BCUT2D eigenvalue weighted by Gasteiger charge is -2.26. The Bertz CT molecular complexity index is 767. The molecule has 0 bridgehead atoms. The molecule has 3 heteroatoms. The van der Waals surface area contributed by atoms with Gasteiger partial charge in [-0.05, 0) is 41.7 Å². The average molecular weight is 295 g/mol. The van der Waals surface area contributed by atoms with Crippen molar-refractivity contribution in [2.24, 2.45) is 5.92 Å². The summed E-state index contributed by atoms with van der Waals surface area (Å²) in [5.74, 6) is 0.121. The van der Waals surface area contributed by atoms with Crippen LogP contribution in [0.25, 0.3) is 0 Å². The largest absolute Gasteiger partial charge is 0.325 e. The number of anilines is 1. The van der Waals surface area contributed by atoms with E-state index >= 15 is 0 Å². The molecule has 2 unspecified atom stereocenters. The first kappa shape index (κ1) is 13.5. The lowest BCUT2D eigenvalue weighted by molar-refractivity contribution is -0.118. The second kappa shape index (κ2) is 4.19. The molecule has 2 atom stereocenters. The summed E-state index contributed by atoms with van der Waals surface area (Å²) in [6.07, 6.45) is 0.784. The summed E-state index contributed by atoms with van der Waals surface area (Å²) in [5, 5.41) is 3.03. The Balaban J connectivity index is 1.91. The van der Waals surface area contributed by atoms with Gasteiger partial charge in [0.1, 0.15) is 5.82 Å². The van der Waals surface area contributed by atoms with Crippen LogP contribution in [-0.2, 0) is 15.6 Å². The first-order valence-electron chi connectivity index (χ1n) is 7.69. The van der Waals surface area contributed by atoms with Crippen LogP contribution in [0.5, 0.6) is 0 Å². The number of amides is 1. The smallest absolute Gasteiger partial charge is 0.236 e. The maximum Gasteiger partial charge on any atom is 0.236 e. The van der Waals surface area contributed by atoms with Gasteiger partial charge in [0, 0.05) is 11.1 Å². The fourth-order valence-electron chi connectivity index (χ4n) is 4.43. The zero-order chi connectivity index (χ0) is 15.5. The lowest BCUT2D eigenvalue weighted by Crippen LogP contribution is -2.33. The molecule has 0 radical (unpaired) electrons. The van der Waals surface area contributed by atoms with Crippen molar-refractivity contribution in [1.82, 2.24) is 0 Å². The first-order valence-corrected chi connectivity index (χ1v) is 7.69. The third kappa shape index (κ3) is 1.41. The summed E-state index contributed by atoms with van der Waals surface area (Å²) in [6.45, 7) is 4.29. The summed E-state index contributed by atoms with van der Waals surface area (Å²) in [7, 11) is 0. The van der Waals surface area contributed by atoms with Gasteiger partial charge in [0.05, 0.1) is 5.41 Å². The van der Waals surface area contributed by atoms with Crippen LogP contribution >= 0.6 is 0 Å². The maximum absolute atomic E-state index is 13.3. The number of carbonyl (C=O) groups excluding carboxylic acids is 1. The summed E-state index contributed by atoms with van der Waals surface area (Å²) >= 11 is 0. The number of hydrogen-bond donors (Lipinski definition) is 1. The molecule has 1 heterocycles. The van der Waals surface area contributed by atoms with Crippen LogP contribution in [0.3, 0.4) is 0 Å². The Hall–Kier alpha value is -2.16. The molecule has 1 spiro atoms. The van der Waals surface area contributed by atoms with Crippen molar-refractivity contribution in [3.05, 3.63) is 65.5 Å². The van der Waals surface area contributed by atoms with Gasteiger partial charge in [0.25, 0.3) is 0 Å². The molecule has 1 aliphatic carbocycles. The van der Waals surface area contributed by atoms with Crippen molar-refractivity contribution >= 4 is 11.6 Å². The Labute approximate surface area is 129 Å². The molecule has 2 aromatic rings. The van der Waals surface area contributed by atoms with Gasteiger partial charge in [-0.1, -0.05) is 44.2 Å². The highest BCUT2D eigenvalue weighted by Gasteiger charge is 2.76. The molecule has 112 valence electrons. The first-order chi connectivity index (χ1) is 10.5. The van der Waals surface area contributed by atoms with Crippen molar-refractivity contribution in [2.45, 2.75) is 31.1 Å². The van der Waals surface area contributed by atoms with Gasteiger partial charge in [-0.25, -0.2) is 4.39 Å². The van der Waals surface area contributed by atoms with Crippen LogP contribution in [0.15, 0.2) is 48.5 Å². The van der Waals surface area contributed by atoms with Crippen molar-refractivity contribution in [1.29, 1.82) is 0 Å². The van der Waals surface area contributed by atoms with Crippen LogP contribution in [-0.4, -0.2) is 5.91 Å². The Morgan fingerprint density at radius 3 is 2.45 bits per heavy atom. The summed E-state index contributed by atoms with van der Waals surface area (Å²) < 4.78 is 13.3. The summed E-state index contributed by atoms with van der Waals surface area (Å²) in [4.78, 5) is 12.8. The number of para-hydroxylation sites is 1. The van der Waals surface area contributed by atoms with Crippen molar-refractivity contribution < 1.29 is 9.18 Å². The van der Waals surface area contributed by atoms with Gasteiger partial charge in [0.15, 0.2) is 0 Å². The molecule has 2 nitrogen and oxygen atoms in total. The van der Waals surface area contributed by atoms with Crippen LogP contribution in [0.4, 0.5) is 10.1 Å². The molecule has 0 saturated heterocycles. The maximum atomic E-state index is 13.3. The fraction of sp³-hybridized carbons (Fsp3) is 0.316. The fourth-order valence-corrected chi connectivity index (χ4v) is 4.43. The Morgan fingerprint density at radius 2 is 1.77 bits per heavy atom. The van der Waals surface area contributed by atoms with Crippen LogP contribution in [0, 0.1) is 11.7 Å². The van der Waals surface area contributed by atoms with E-state index in [-0.39, 0.29) is 23.1 Å². The monoisotopic (exact) mass is 295 g/mol. The predicted molar refractivity (Wildman–Crippen MR) is 84.3 cm³/mol. The molecule has 1 fully saturated rings. The molecule has 1 aliphatic heterocycles. The van der Waals surface area contributed by atoms with Gasteiger partial charge in [-0.15, -0.1) is 0 Å². The molecular weight excluding hydrogens is 277 g/mol. The number of fused-ring (bicyclic) bond motifs is 2. The molecule has 1 saturated carbocycles. The number of carbonyl (C=O) groups is 1. The zero-order valence-electron chi connectivity index (χ0n) is 12.7. The average Bonchev–Trinajstić information content (AvgIpc) is 3.13. The number of benzene rings is 2. The van der Waals surface area contributed by atoms with Crippen molar-refractivity contribution in [2.75, 3.05) is 5.32 Å². The van der Waals surface area contributed by atoms with Gasteiger partial charge < -0.3 is 5.32 Å². The SMILES string of the molecule is CC(C)C1(c2ccc(F)cc2)CC12C(=O)Nc1ccccc12. The summed E-state index contributed by atoms with van der Waals surface area (Å²) in [6, 6.07) is 14.6. The number of nitrogens with one attached hydrogen (secondary N) is 1. The number of halogens is 1.